The van der Waals surface area contributed by atoms with E-state index in [1.807, 2.05) is 20.8 Å². The van der Waals surface area contributed by atoms with Gasteiger partial charge in [0.15, 0.2) is 0 Å². The molecule has 2 aromatic rings. The highest BCUT2D eigenvalue weighted by atomic mass is 32.1. The molecule has 0 aliphatic rings. The number of pyridine rings is 1. The van der Waals surface area contributed by atoms with Crippen molar-refractivity contribution in [3.05, 3.63) is 40.3 Å². The van der Waals surface area contributed by atoms with Crippen LogP contribution in [0.5, 0.6) is 0 Å². The first kappa shape index (κ1) is 14.1. The van der Waals surface area contributed by atoms with E-state index in [0.29, 0.717) is 11.3 Å². The number of thiophene rings is 1. The lowest BCUT2D eigenvalue weighted by Gasteiger charge is -2.20. The van der Waals surface area contributed by atoms with Crippen molar-refractivity contribution >= 4 is 11.3 Å². The number of rotatable bonds is 1. The first-order valence-electron chi connectivity index (χ1n) is 5.80. The molecule has 19 heavy (non-hydrogen) atoms. The predicted molar refractivity (Wildman–Crippen MR) is 71.3 cm³/mol. The third kappa shape index (κ3) is 2.97. The van der Waals surface area contributed by atoms with Crippen molar-refractivity contribution in [2.24, 2.45) is 0 Å². The van der Waals surface area contributed by atoms with Crippen molar-refractivity contribution in [3.8, 4) is 11.1 Å². The van der Waals surface area contributed by atoms with Crippen LogP contribution in [0.25, 0.3) is 11.1 Å². The number of alkyl halides is 3. The lowest BCUT2D eigenvalue weighted by Crippen LogP contribution is -2.16. The van der Waals surface area contributed by atoms with E-state index >= 15 is 0 Å². The van der Waals surface area contributed by atoms with Gasteiger partial charge in [0.2, 0.25) is 0 Å². The van der Waals surface area contributed by atoms with E-state index in [-0.39, 0.29) is 5.56 Å². The van der Waals surface area contributed by atoms with E-state index in [0.717, 1.165) is 6.07 Å². The van der Waals surface area contributed by atoms with Gasteiger partial charge < -0.3 is 0 Å². The molecule has 0 aliphatic carbocycles. The van der Waals surface area contributed by atoms with E-state index in [4.69, 9.17) is 0 Å². The summed E-state index contributed by atoms with van der Waals surface area (Å²) >= 11 is 1.37. The molecule has 0 amide bonds. The van der Waals surface area contributed by atoms with Gasteiger partial charge in [-0.3, -0.25) is 4.98 Å². The summed E-state index contributed by atoms with van der Waals surface area (Å²) < 4.78 is 39.6. The van der Waals surface area contributed by atoms with Crippen LogP contribution in [0.3, 0.4) is 0 Å². The van der Waals surface area contributed by atoms with Crippen LogP contribution in [0, 0.1) is 0 Å². The molecule has 0 fully saturated rings. The van der Waals surface area contributed by atoms with Crippen LogP contribution in [-0.2, 0) is 11.6 Å². The van der Waals surface area contributed by atoms with E-state index in [1.165, 1.54) is 17.5 Å². The zero-order chi connectivity index (χ0) is 14.3. The molecule has 1 nitrogen and oxygen atoms in total. The molecular formula is C14H14F3NS. The van der Waals surface area contributed by atoms with Crippen molar-refractivity contribution in [3.63, 3.8) is 0 Å². The molecule has 0 bridgehead atoms. The molecule has 0 N–H and O–H groups in total. The van der Waals surface area contributed by atoms with Crippen LogP contribution in [0.4, 0.5) is 13.2 Å². The summed E-state index contributed by atoms with van der Waals surface area (Å²) in [4.78, 5) is 4.18. The maximum Gasteiger partial charge on any atom is 0.417 e. The molecule has 0 spiro atoms. The summed E-state index contributed by atoms with van der Waals surface area (Å²) in [5.41, 5.74) is 0.115. The fourth-order valence-electron chi connectivity index (χ4n) is 1.75. The summed E-state index contributed by atoms with van der Waals surface area (Å²) in [6.45, 7) is 5.54. The minimum absolute atomic E-state index is 0.141. The Morgan fingerprint density at radius 3 is 2.32 bits per heavy atom. The SMILES string of the molecule is CC(C)(C)c1cc(C(F)(F)F)c(-c2ccsc2)cn1. The minimum atomic E-state index is -4.37. The Morgan fingerprint density at radius 2 is 1.84 bits per heavy atom. The van der Waals surface area contributed by atoms with Crippen LogP contribution in [0.15, 0.2) is 29.1 Å². The number of hydrogen-bond donors (Lipinski definition) is 0. The maximum absolute atomic E-state index is 13.2. The van der Waals surface area contributed by atoms with Crippen molar-refractivity contribution in [1.29, 1.82) is 0 Å². The summed E-state index contributed by atoms with van der Waals surface area (Å²) in [6.07, 6.45) is -3.05. The largest absolute Gasteiger partial charge is 0.417 e. The number of halogens is 3. The number of hydrogen-bond acceptors (Lipinski definition) is 2. The fourth-order valence-corrected chi connectivity index (χ4v) is 2.40. The lowest BCUT2D eigenvalue weighted by atomic mass is 9.89. The van der Waals surface area contributed by atoms with E-state index in [1.54, 1.807) is 16.8 Å². The average Bonchev–Trinajstić information content (AvgIpc) is 2.79. The van der Waals surface area contributed by atoms with E-state index < -0.39 is 17.2 Å². The van der Waals surface area contributed by atoms with Crippen molar-refractivity contribution in [2.45, 2.75) is 32.4 Å². The van der Waals surface area contributed by atoms with Gasteiger partial charge in [-0.1, -0.05) is 20.8 Å². The molecule has 2 aromatic heterocycles. The van der Waals surface area contributed by atoms with Crippen LogP contribution < -0.4 is 0 Å². The van der Waals surface area contributed by atoms with Crippen molar-refractivity contribution in [2.75, 3.05) is 0 Å². The quantitative estimate of drug-likeness (QED) is 0.708. The highest BCUT2D eigenvalue weighted by Crippen LogP contribution is 2.39. The molecule has 0 saturated carbocycles. The lowest BCUT2D eigenvalue weighted by molar-refractivity contribution is -0.137. The summed E-state index contributed by atoms with van der Waals surface area (Å²) in [5, 5.41) is 3.45. The molecule has 5 heteroatoms. The molecule has 2 heterocycles. The molecule has 102 valence electrons. The highest BCUT2D eigenvalue weighted by molar-refractivity contribution is 7.08. The van der Waals surface area contributed by atoms with Crippen molar-refractivity contribution < 1.29 is 13.2 Å². The van der Waals surface area contributed by atoms with Crippen LogP contribution in [-0.4, -0.2) is 4.98 Å². The van der Waals surface area contributed by atoms with Crippen LogP contribution in [0.2, 0.25) is 0 Å². The topological polar surface area (TPSA) is 12.9 Å². The molecular weight excluding hydrogens is 271 g/mol. The fraction of sp³-hybridized carbons (Fsp3) is 0.357. The zero-order valence-corrected chi connectivity index (χ0v) is 11.7. The second-order valence-corrected chi connectivity index (χ2v) is 6.15. The second-order valence-electron chi connectivity index (χ2n) is 5.37. The van der Waals surface area contributed by atoms with Gasteiger partial charge in [0.05, 0.1) is 5.56 Å². The van der Waals surface area contributed by atoms with Gasteiger partial charge in [-0.25, -0.2) is 0 Å². The van der Waals surface area contributed by atoms with Crippen LogP contribution in [0.1, 0.15) is 32.0 Å². The van der Waals surface area contributed by atoms with E-state index in [2.05, 4.69) is 4.98 Å². The van der Waals surface area contributed by atoms with Gasteiger partial charge in [0, 0.05) is 22.9 Å². The van der Waals surface area contributed by atoms with Crippen molar-refractivity contribution in [1.82, 2.24) is 4.98 Å². The summed E-state index contributed by atoms with van der Waals surface area (Å²) in [6, 6.07) is 2.83. The standard InChI is InChI=1S/C14H14F3NS/c1-13(2,3)12-6-11(14(15,16)17)10(7-18-12)9-4-5-19-8-9/h4-8H,1-3H3. The molecule has 0 radical (unpaired) electrons. The Kier molecular flexibility index (Phi) is 3.43. The van der Waals surface area contributed by atoms with Gasteiger partial charge in [-0.2, -0.15) is 24.5 Å². The third-order valence-electron chi connectivity index (χ3n) is 2.81. The Morgan fingerprint density at radius 1 is 1.16 bits per heavy atom. The third-order valence-corrected chi connectivity index (χ3v) is 3.49. The molecule has 0 aliphatic heterocycles. The highest BCUT2D eigenvalue weighted by Gasteiger charge is 2.35. The van der Waals surface area contributed by atoms with Gasteiger partial charge in [0.1, 0.15) is 0 Å². The monoisotopic (exact) mass is 285 g/mol. The van der Waals surface area contributed by atoms with Gasteiger partial charge in [0.25, 0.3) is 0 Å². The Balaban J connectivity index is 2.63. The molecule has 0 unspecified atom stereocenters. The molecule has 2 rings (SSSR count). The minimum Gasteiger partial charge on any atom is -0.260 e. The maximum atomic E-state index is 13.2. The Hall–Kier alpha value is -1.36. The van der Waals surface area contributed by atoms with E-state index in [9.17, 15) is 13.2 Å². The smallest absolute Gasteiger partial charge is 0.260 e. The first-order chi connectivity index (χ1) is 8.69. The van der Waals surface area contributed by atoms with Gasteiger partial charge >= 0.3 is 6.18 Å². The Labute approximate surface area is 114 Å². The number of aromatic nitrogens is 1. The summed E-state index contributed by atoms with van der Waals surface area (Å²) in [7, 11) is 0. The molecule has 0 aromatic carbocycles. The predicted octanol–water partition coefficient (Wildman–Crippen LogP) is 5.13. The van der Waals surface area contributed by atoms with Gasteiger partial charge in [-0.05, 0) is 28.5 Å². The molecule has 0 saturated heterocycles. The first-order valence-corrected chi connectivity index (χ1v) is 6.74. The zero-order valence-electron chi connectivity index (χ0n) is 10.9. The average molecular weight is 285 g/mol. The second kappa shape index (κ2) is 4.63. The Bertz CT molecular complexity index is 565. The summed E-state index contributed by atoms with van der Waals surface area (Å²) in [5.74, 6) is 0. The normalized spacial score (nSPS) is 12.7. The van der Waals surface area contributed by atoms with Gasteiger partial charge in [-0.15, -0.1) is 0 Å². The molecule has 0 atom stereocenters. The number of nitrogens with zero attached hydrogens (tertiary/aromatic N) is 1. The van der Waals surface area contributed by atoms with Crippen LogP contribution >= 0.6 is 11.3 Å².